The Morgan fingerprint density at radius 2 is 1.29 bits per heavy atom. The lowest BCUT2D eigenvalue weighted by atomic mass is 10.1. The summed E-state index contributed by atoms with van der Waals surface area (Å²) in [5.74, 6) is 0. The first-order chi connectivity index (χ1) is 10.7. The summed E-state index contributed by atoms with van der Waals surface area (Å²) >= 11 is 0. The molecule has 130 valence electrons. The Morgan fingerprint density at radius 1 is 0.750 bits per heavy atom. The fraction of sp³-hybridized carbons (Fsp3) is 0. The molecule has 0 aliphatic carbocycles. The van der Waals surface area contributed by atoms with Gasteiger partial charge < -0.3 is 0 Å². The predicted molar refractivity (Wildman–Crippen MR) is 78.2 cm³/mol. The summed E-state index contributed by atoms with van der Waals surface area (Å²) in [6, 6.07) is 2.58. The monoisotopic (exact) mass is 396 g/mol. The first-order valence-corrected chi connectivity index (χ1v) is 9.99. The van der Waals surface area contributed by atoms with Crippen LogP contribution in [0.15, 0.2) is 44.1 Å². The molecule has 11 nitrogen and oxygen atoms in total. The molecule has 0 aromatic heterocycles. The Kier molecular flexibility index (Phi) is 4.24. The van der Waals surface area contributed by atoms with Gasteiger partial charge in [-0.05, 0) is 29.7 Å². The van der Waals surface area contributed by atoms with Crippen molar-refractivity contribution in [3.63, 3.8) is 0 Å². The summed E-state index contributed by atoms with van der Waals surface area (Å²) in [5.41, 5.74) is 6.27. The Balaban J connectivity index is 3.14. The van der Waals surface area contributed by atoms with Crippen LogP contribution < -0.4 is 0 Å². The largest absolute Gasteiger partial charge is 0.296 e. The second-order valence-electron chi connectivity index (χ2n) is 4.50. The molecule has 0 aliphatic rings. The molecule has 0 radical (unpaired) electrons. The smallest absolute Gasteiger partial charge is 0.282 e. The normalized spacial score (nSPS) is 13.1. The zero-order chi connectivity index (χ0) is 18.5. The van der Waals surface area contributed by atoms with Crippen LogP contribution in [0.4, 0.5) is 5.69 Å². The third-order valence-corrected chi connectivity index (χ3v) is 5.55. The number of nitrogens with zero attached hydrogens (tertiary/aromatic N) is 1. The molecule has 4 N–H and O–H groups in total. The third kappa shape index (κ3) is 3.42. The standard InChI is InChI=1S/C10H8N2O9S3/c11-12-8-4-7-5(2-10(8)24(19,20)21)1-6(22(13,14)15)3-9(7)23(16,17)18/h1-4,11H,(H,13,14,15)(H,16,17,18)(H,19,20,21). The van der Waals surface area contributed by atoms with Gasteiger partial charge in [-0.25, -0.2) is 5.53 Å². The van der Waals surface area contributed by atoms with Crippen LogP contribution in [0.5, 0.6) is 0 Å². The van der Waals surface area contributed by atoms with Gasteiger partial charge in [0.15, 0.2) is 0 Å². The molecule has 14 heteroatoms. The molecule has 0 fully saturated rings. The number of nitrogens with one attached hydrogen (secondary N) is 1. The molecule has 0 heterocycles. The molecule has 2 rings (SSSR count). The first kappa shape index (κ1) is 18.4. The summed E-state index contributed by atoms with van der Waals surface area (Å²) in [6.45, 7) is 0. The number of hydrogen-bond acceptors (Lipinski definition) is 8. The molecular weight excluding hydrogens is 388 g/mol. The number of fused-ring (bicyclic) bond motifs is 1. The van der Waals surface area contributed by atoms with Gasteiger partial charge in [-0.2, -0.15) is 30.4 Å². The van der Waals surface area contributed by atoms with Gasteiger partial charge in [-0.3, -0.25) is 13.7 Å². The van der Waals surface area contributed by atoms with Crippen molar-refractivity contribution in [3.8, 4) is 0 Å². The van der Waals surface area contributed by atoms with Gasteiger partial charge in [0.2, 0.25) is 0 Å². The van der Waals surface area contributed by atoms with E-state index in [0.717, 1.165) is 12.1 Å². The van der Waals surface area contributed by atoms with Crippen LogP contribution in [-0.4, -0.2) is 38.9 Å². The number of benzene rings is 2. The molecular formula is C10H8N2O9S3. The van der Waals surface area contributed by atoms with E-state index in [1.165, 1.54) is 0 Å². The van der Waals surface area contributed by atoms with Gasteiger partial charge in [0, 0.05) is 5.39 Å². The van der Waals surface area contributed by atoms with Crippen molar-refractivity contribution in [2.45, 2.75) is 14.7 Å². The Bertz CT molecular complexity index is 1180. The molecule has 0 spiro atoms. The maximum atomic E-state index is 11.4. The molecule has 0 saturated carbocycles. The Hall–Kier alpha value is -1.97. The van der Waals surface area contributed by atoms with E-state index < -0.39 is 50.7 Å². The fourth-order valence-corrected chi connectivity index (χ4v) is 3.97. The van der Waals surface area contributed by atoms with Crippen molar-refractivity contribution < 1.29 is 38.9 Å². The van der Waals surface area contributed by atoms with Crippen molar-refractivity contribution in [1.29, 1.82) is 5.53 Å². The van der Waals surface area contributed by atoms with Gasteiger partial charge in [-0.1, -0.05) is 0 Å². The van der Waals surface area contributed by atoms with E-state index in [1.54, 1.807) is 0 Å². The van der Waals surface area contributed by atoms with Gasteiger partial charge in [0.1, 0.15) is 15.5 Å². The first-order valence-electron chi connectivity index (χ1n) is 5.67. The van der Waals surface area contributed by atoms with Crippen LogP contribution in [0.25, 0.3) is 10.8 Å². The van der Waals surface area contributed by atoms with Crippen LogP contribution >= 0.6 is 0 Å². The number of rotatable bonds is 4. The maximum absolute atomic E-state index is 11.4. The van der Waals surface area contributed by atoms with E-state index >= 15 is 0 Å². The molecule has 0 unspecified atom stereocenters. The van der Waals surface area contributed by atoms with Crippen LogP contribution in [0.1, 0.15) is 0 Å². The summed E-state index contributed by atoms with van der Waals surface area (Å²) in [5, 5.41) is 2.11. The van der Waals surface area contributed by atoms with Crippen LogP contribution in [0.2, 0.25) is 0 Å². The minimum absolute atomic E-state index is 0.363. The summed E-state index contributed by atoms with van der Waals surface area (Å²) < 4.78 is 95.3. The number of hydrogen-bond donors (Lipinski definition) is 4. The van der Waals surface area contributed by atoms with E-state index in [-0.39, 0.29) is 10.8 Å². The second kappa shape index (κ2) is 5.54. The average Bonchev–Trinajstić information content (AvgIpc) is 2.41. The molecule has 0 atom stereocenters. The van der Waals surface area contributed by atoms with E-state index in [0.29, 0.717) is 12.1 Å². The van der Waals surface area contributed by atoms with Crippen LogP contribution in [0.3, 0.4) is 0 Å². The SMILES string of the molecule is N=Nc1cc2c(S(=O)(=O)O)cc(S(=O)(=O)O)cc2cc1S(=O)(=O)O. The zero-order valence-electron chi connectivity index (χ0n) is 11.3. The lowest BCUT2D eigenvalue weighted by Gasteiger charge is -2.09. The minimum atomic E-state index is -4.98. The molecule has 24 heavy (non-hydrogen) atoms. The highest BCUT2D eigenvalue weighted by atomic mass is 32.2. The fourth-order valence-electron chi connectivity index (χ4n) is 1.98. The lowest BCUT2D eigenvalue weighted by molar-refractivity contribution is 0.480. The third-order valence-electron chi connectivity index (χ3n) is 2.94. The van der Waals surface area contributed by atoms with E-state index in [9.17, 15) is 29.8 Å². The van der Waals surface area contributed by atoms with Crippen molar-refractivity contribution in [2.24, 2.45) is 5.11 Å². The van der Waals surface area contributed by atoms with Crippen molar-refractivity contribution >= 4 is 46.8 Å². The molecule has 0 saturated heterocycles. The van der Waals surface area contributed by atoms with Crippen LogP contribution in [0, 0.1) is 5.53 Å². The van der Waals surface area contributed by atoms with Crippen molar-refractivity contribution in [2.75, 3.05) is 0 Å². The summed E-state index contributed by atoms with van der Waals surface area (Å²) in [6.07, 6.45) is 0. The second-order valence-corrected chi connectivity index (χ2v) is 8.70. The van der Waals surface area contributed by atoms with E-state index in [1.807, 2.05) is 0 Å². The maximum Gasteiger partial charge on any atom is 0.296 e. The van der Waals surface area contributed by atoms with Gasteiger partial charge in [0.05, 0.1) is 4.90 Å². The average molecular weight is 396 g/mol. The molecule has 2 aromatic rings. The van der Waals surface area contributed by atoms with Gasteiger partial charge >= 0.3 is 0 Å². The van der Waals surface area contributed by atoms with Crippen molar-refractivity contribution in [1.82, 2.24) is 0 Å². The highest BCUT2D eigenvalue weighted by molar-refractivity contribution is 7.87. The molecule has 0 bridgehead atoms. The highest BCUT2D eigenvalue weighted by Crippen LogP contribution is 2.34. The summed E-state index contributed by atoms with van der Waals surface area (Å²) in [7, 11) is -14.7. The molecule has 0 amide bonds. The zero-order valence-corrected chi connectivity index (χ0v) is 13.7. The molecule has 0 aliphatic heterocycles. The minimum Gasteiger partial charge on any atom is -0.282 e. The van der Waals surface area contributed by atoms with Gasteiger partial charge in [0.25, 0.3) is 30.4 Å². The van der Waals surface area contributed by atoms with E-state index in [4.69, 9.17) is 14.6 Å². The highest BCUT2D eigenvalue weighted by Gasteiger charge is 2.24. The van der Waals surface area contributed by atoms with Gasteiger partial charge in [-0.15, -0.1) is 0 Å². The Morgan fingerprint density at radius 3 is 1.71 bits per heavy atom. The van der Waals surface area contributed by atoms with Crippen molar-refractivity contribution in [3.05, 3.63) is 24.3 Å². The summed E-state index contributed by atoms with van der Waals surface area (Å²) in [4.78, 5) is -2.78. The topological polar surface area (TPSA) is 199 Å². The molecule has 2 aromatic carbocycles. The van der Waals surface area contributed by atoms with Crippen LogP contribution in [-0.2, 0) is 30.4 Å². The predicted octanol–water partition coefficient (Wildman–Crippen LogP) is 1.24. The van der Waals surface area contributed by atoms with E-state index in [2.05, 4.69) is 5.11 Å². The quantitative estimate of drug-likeness (QED) is 0.433. The Labute approximate surface area is 135 Å². The lowest BCUT2D eigenvalue weighted by Crippen LogP contribution is -2.05.